The van der Waals surface area contributed by atoms with Crippen molar-refractivity contribution < 1.29 is 19.1 Å². The second-order valence-corrected chi connectivity index (χ2v) is 6.68. The minimum absolute atomic E-state index is 0.152. The molecule has 5 heteroatoms. The van der Waals surface area contributed by atoms with Crippen LogP contribution in [-0.4, -0.2) is 24.6 Å². The van der Waals surface area contributed by atoms with Crippen molar-refractivity contribution >= 4 is 17.6 Å². The second-order valence-electron chi connectivity index (χ2n) is 6.68. The highest BCUT2D eigenvalue weighted by molar-refractivity contribution is 5.92. The minimum Gasteiger partial charge on any atom is -0.496 e. The molecule has 1 fully saturated rings. The highest BCUT2D eigenvalue weighted by Gasteiger charge is 2.50. The Hall–Kier alpha value is -2.04. The van der Waals surface area contributed by atoms with Crippen molar-refractivity contribution in [3.05, 3.63) is 23.8 Å². The topological polar surface area (TPSA) is 64.6 Å². The van der Waals surface area contributed by atoms with Gasteiger partial charge in [-0.2, -0.15) is 0 Å². The van der Waals surface area contributed by atoms with Gasteiger partial charge >= 0.3 is 6.09 Å². The van der Waals surface area contributed by atoms with Crippen molar-refractivity contribution in [2.45, 2.75) is 51.6 Å². The lowest BCUT2D eigenvalue weighted by Crippen LogP contribution is -2.27. The first-order valence-corrected chi connectivity index (χ1v) is 7.37. The van der Waals surface area contributed by atoms with E-state index in [-0.39, 0.29) is 5.78 Å². The molecule has 0 saturated heterocycles. The third-order valence-corrected chi connectivity index (χ3v) is 3.79. The third kappa shape index (κ3) is 3.40. The van der Waals surface area contributed by atoms with Crippen molar-refractivity contribution in [3.63, 3.8) is 0 Å². The number of carbonyl (C=O) groups excluding carboxylic acids is 2. The quantitative estimate of drug-likeness (QED) is 0.922. The molecule has 0 aliphatic heterocycles. The number of benzene rings is 1. The molecule has 120 valence electrons. The molecule has 0 spiro atoms. The molecule has 1 aromatic carbocycles. The van der Waals surface area contributed by atoms with Crippen molar-refractivity contribution in [3.8, 4) is 5.75 Å². The number of carbonyl (C=O) groups is 2. The van der Waals surface area contributed by atoms with Gasteiger partial charge in [0.05, 0.1) is 12.5 Å². The molecule has 0 radical (unpaired) electrons. The molecule has 0 atom stereocenters. The molecule has 0 unspecified atom stereocenters. The van der Waals surface area contributed by atoms with E-state index in [1.807, 2.05) is 6.07 Å². The zero-order valence-corrected chi connectivity index (χ0v) is 13.8. The van der Waals surface area contributed by atoms with Gasteiger partial charge in [-0.25, -0.2) is 4.79 Å². The fraction of sp³-hybridized carbons (Fsp3) is 0.529. The SMILES string of the molecule is COc1cc(NC(=O)OC(C)(C)C)ccc1C1(C(C)=O)CC1. The summed E-state index contributed by atoms with van der Waals surface area (Å²) in [6.45, 7) is 7.03. The Morgan fingerprint density at radius 3 is 2.32 bits per heavy atom. The Morgan fingerprint density at radius 2 is 1.86 bits per heavy atom. The number of hydrogen-bond acceptors (Lipinski definition) is 4. The van der Waals surface area contributed by atoms with Gasteiger partial charge in [0, 0.05) is 17.3 Å². The van der Waals surface area contributed by atoms with E-state index in [9.17, 15) is 9.59 Å². The summed E-state index contributed by atoms with van der Waals surface area (Å²) in [7, 11) is 1.56. The maximum absolute atomic E-state index is 11.9. The van der Waals surface area contributed by atoms with Crippen LogP contribution in [0.3, 0.4) is 0 Å². The van der Waals surface area contributed by atoms with Gasteiger partial charge in [0.25, 0.3) is 0 Å². The molecule has 5 nitrogen and oxygen atoms in total. The Bertz CT molecular complexity index is 597. The van der Waals surface area contributed by atoms with E-state index >= 15 is 0 Å². The van der Waals surface area contributed by atoms with Crippen molar-refractivity contribution in [1.82, 2.24) is 0 Å². The van der Waals surface area contributed by atoms with Crippen LogP contribution in [0.15, 0.2) is 18.2 Å². The van der Waals surface area contributed by atoms with E-state index in [2.05, 4.69) is 5.32 Å². The molecule has 1 aromatic rings. The number of hydrogen-bond donors (Lipinski definition) is 1. The van der Waals surface area contributed by atoms with Crippen LogP contribution in [-0.2, 0) is 14.9 Å². The maximum atomic E-state index is 11.9. The molecule has 0 bridgehead atoms. The van der Waals surface area contributed by atoms with Crippen molar-refractivity contribution in [2.24, 2.45) is 0 Å². The molecular weight excluding hydrogens is 282 g/mol. The van der Waals surface area contributed by atoms with Gasteiger partial charge in [0.15, 0.2) is 0 Å². The standard InChI is InChI=1S/C17H23NO4/c1-11(19)17(8-9-17)13-7-6-12(10-14(13)21-5)18-15(20)22-16(2,3)4/h6-7,10H,8-9H2,1-5H3,(H,18,20). The van der Waals surface area contributed by atoms with Crippen LogP contribution in [0.4, 0.5) is 10.5 Å². The van der Waals surface area contributed by atoms with Crippen LogP contribution in [0.1, 0.15) is 46.1 Å². The van der Waals surface area contributed by atoms with Gasteiger partial charge in [-0.3, -0.25) is 10.1 Å². The van der Waals surface area contributed by atoms with Crippen LogP contribution >= 0.6 is 0 Å². The number of anilines is 1. The number of Topliss-reactive ketones (excluding diaryl/α,β-unsaturated/α-hetero) is 1. The molecule has 1 amide bonds. The Kier molecular flexibility index (Phi) is 4.18. The van der Waals surface area contributed by atoms with Crippen LogP contribution in [0.5, 0.6) is 5.75 Å². The summed E-state index contributed by atoms with van der Waals surface area (Å²) < 4.78 is 10.6. The van der Waals surface area contributed by atoms with Gasteiger partial charge in [0.2, 0.25) is 0 Å². The van der Waals surface area contributed by atoms with E-state index in [1.54, 1.807) is 46.9 Å². The van der Waals surface area contributed by atoms with E-state index in [4.69, 9.17) is 9.47 Å². The van der Waals surface area contributed by atoms with Crippen molar-refractivity contribution in [2.75, 3.05) is 12.4 Å². The Morgan fingerprint density at radius 1 is 1.23 bits per heavy atom. The highest BCUT2D eigenvalue weighted by Crippen LogP contribution is 2.52. The van der Waals surface area contributed by atoms with Crippen LogP contribution < -0.4 is 10.1 Å². The van der Waals surface area contributed by atoms with E-state index in [0.717, 1.165) is 18.4 Å². The van der Waals surface area contributed by atoms with E-state index < -0.39 is 17.1 Å². The van der Waals surface area contributed by atoms with Gasteiger partial charge < -0.3 is 9.47 Å². The molecule has 2 rings (SSSR count). The normalized spacial score (nSPS) is 15.9. The zero-order valence-electron chi connectivity index (χ0n) is 13.8. The smallest absolute Gasteiger partial charge is 0.412 e. The molecule has 0 aromatic heterocycles. The number of rotatable bonds is 4. The lowest BCUT2D eigenvalue weighted by Gasteiger charge is -2.21. The summed E-state index contributed by atoms with van der Waals surface area (Å²) in [4.78, 5) is 23.7. The molecular formula is C17H23NO4. The fourth-order valence-electron chi connectivity index (χ4n) is 2.52. The number of amides is 1. The number of ether oxygens (including phenoxy) is 2. The highest BCUT2D eigenvalue weighted by atomic mass is 16.6. The van der Waals surface area contributed by atoms with E-state index in [0.29, 0.717) is 11.4 Å². The molecule has 22 heavy (non-hydrogen) atoms. The summed E-state index contributed by atoms with van der Waals surface area (Å²) in [5.41, 5.74) is 0.503. The first-order chi connectivity index (χ1) is 10.2. The molecule has 1 saturated carbocycles. The maximum Gasteiger partial charge on any atom is 0.412 e. The Labute approximate surface area is 131 Å². The first-order valence-electron chi connectivity index (χ1n) is 7.37. The molecule has 1 N–H and O–H groups in total. The van der Waals surface area contributed by atoms with Crippen LogP contribution in [0, 0.1) is 0 Å². The first kappa shape index (κ1) is 16.3. The molecule has 1 aliphatic rings. The predicted molar refractivity (Wildman–Crippen MR) is 84.4 cm³/mol. The summed E-state index contributed by atoms with van der Waals surface area (Å²) in [6, 6.07) is 5.34. The van der Waals surface area contributed by atoms with Crippen LogP contribution in [0.2, 0.25) is 0 Å². The zero-order chi connectivity index (χ0) is 16.5. The summed E-state index contributed by atoms with van der Waals surface area (Å²) in [6.07, 6.45) is 1.17. The van der Waals surface area contributed by atoms with Gasteiger partial charge in [0.1, 0.15) is 17.1 Å². The molecule has 1 aliphatic carbocycles. The van der Waals surface area contributed by atoms with Gasteiger partial charge in [-0.1, -0.05) is 6.07 Å². The number of ketones is 1. The largest absolute Gasteiger partial charge is 0.496 e. The average molecular weight is 305 g/mol. The number of nitrogens with one attached hydrogen (secondary N) is 1. The van der Waals surface area contributed by atoms with Crippen LogP contribution in [0.25, 0.3) is 0 Å². The second kappa shape index (κ2) is 5.63. The number of methoxy groups -OCH3 is 1. The Balaban J connectivity index is 2.20. The average Bonchev–Trinajstić information content (AvgIpc) is 3.17. The lowest BCUT2D eigenvalue weighted by molar-refractivity contribution is -0.119. The summed E-state index contributed by atoms with van der Waals surface area (Å²) in [5, 5.41) is 2.68. The lowest BCUT2D eigenvalue weighted by atomic mass is 9.91. The summed E-state index contributed by atoms with van der Waals surface area (Å²) in [5.74, 6) is 0.764. The van der Waals surface area contributed by atoms with E-state index in [1.165, 1.54) is 0 Å². The monoisotopic (exact) mass is 305 g/mol. The summed E-state index contributed by atoms with van der Waals surface area (Å²) >= 11 is 0. The fourth-order valence-corrected chi connectivity index (χ4v) is 2.52. The molecule has 0 heterocycles. The predicted octanol–water partition coefficient (Wildman–Crippen LogP) is 3.66. The minimum atomic E-state index is -0.555. The third-order valence-electron chi connectivity index (χ3n) is 3.79. The van der Waals surface area contributed by atoms with Crippen molar-refractivity contribution in [1.29, 1.82) is 0 Å². The van der Waals surface area contributed by atoms with Gasteiger partial charge in [-0.15, -0.1) is 0 Å². The van der Waals surface area contributed by atoms with Gasteiger partial charge in [-0.05, 0) is 46.6 Å².